The number of para-hydroxylation sites is 1. The molecule has 2 atom stereocenters. The second-order valence-corrected chi connectivity index (χ2v) is 4.08. The van der Waals surface area contributed by atoms with Gasteiger partial charge in [0.2, 0.25) is 0 Å². The highest BCUT2D eigenvalue weighted by atomic mass is 19.1. The molecule has 0 saturated carbocycles. The highest BCUT2D eigenvalue weighted by molar-refractivity contribution is 5.23. The van der Waals surface area contributed by atoms with Crippen LogP contribution in [0.15, 0.2) is 24.3 Å². The van der Waals surface area contributed by atoms with Crippen molar-refractivity contribution in [3.05, 3.63) is 30.1 Å². The van der Waals surface area contributed by atoms with Crippen LogP contribution in [0.5, 0.6) is 5.75 Å². The number of hydrogen-bond acceptors (Lipinski definition) is 2. The Kier molecular flexibility index (Phi) is 5.26. The maximum atomic E-state index is 13.3. The van der Waals surface area contributed by atoms with Crippen LogP contribution in [0, 0.1) is 5.82 Å². The largest absolute Gasteiger partial charge is 0.486 e. The van der Waals surface area contributed by atoms with Crippen LogP contribution in [0.2, 0.25) is 0 Å². The lowest BCUT2D eigenvalue weighted by Gasteiger charge is -2.18. The van der Waals surface area contributed by atoms with Crippen molar-refractivity contribution in [2.24, 2.45) is 0 Å². The number of benzene rings is 1. The van der Waals surface area contributed by atoms with E-state index >= 15 is 0 Å². The Hall–Kier alpha value is -1.09. The molecule has 0 amide bonds. The summed E-state index contributed by atoms with van der Waals surface area (Å²) in [4.78, 5) is 0. The van der Waals surface area contributed by atoms with Gasteiger partial charge in [-0.2, -0.15) is 0 Å². The predicted octanol–water partition coefficient (Wildman–Crippen LogP) is 2.98. The van der Waals surface area contributed by atoms with Gasteiger partial charge in [0.15, 0.2) is 11.6 Å². The summed E-state index contributed by atoms with van der Waals surface area (Å²) in [6.45, 7) is 6.90. The van der Waals surface area contributed by atoms with Crippen LogP contribution in [-0.2, 0) is 0 Å². The minimum absolute atomic E-state index is 0.0362. The third-order valence-corrected chi connectivity index (χ3v) is 2.53. The van der Waals surface area contributed by atoms with Crippen molar-refractivity contribution in [2.45, 2.75) is 39.3 Å². The third-order valence-electron chi connectivity index (χ3n) is 2.53. The topological polar surface area (TPSA) is 21.3 Å². The van der Waals surface area contributed by atoms with Crippen LogP contribution in [0.1, 0.15) is 27.2 Å². The average molecular weight is 225 g/mol. The van der Waals surface area contributed by atoms with Crippen LogP contribution in [-0.4, -0.2) is 18.7 Å². The van der Waals surface area contributed by atoms with E-state index < -0.39 is 0 Å². The Morgan fingerprint density at radius 3 is 2.62 bits per heavy atom. The van der Waals surface area contributed by atoms with Crippen molar-refractivity contribution in [1.29, 1.82) is 0 Å². The van der Waals surface area contributed by atoms with E-state index in [1.54, 1.807) is 18.2 Å². The van der Waals surface area contributed by atoms with E-state index in [1.165, 1.54) is 6.07 Å². The van der Waals surface area contributed by atoms with E-state index in [1.807, 2.05) is 6.92 Å². The number of nitrogens with one attached hydrogen (secondary N) is 1. The second kappa shape index (κ2) is 6.48. The minimum Gasteiger partial charge on any atom is -0.486 e. The lowest BCUT2D eigenvalue weighted by Crippen LogP contribution is -2.34. The van der Waals surface area contributed by atoms with Gasteiger partial charge in [0.05, 0.1) is 0 Å². The molecule has 0 aliphatic carbocycles. The highest BCUT2D eigenvalue weighted by Gasteiger charge is 2.08. The second-order valence-electron chi connectivity index (χ2n) is 4.08. The molecule has 0 aromatic heterocycles. The summed E-state index contributed by atoms with van der Waals surface area (Å²) in [7, 11) is 0. The molecule has 0 heterocycles. The summed E-state index contributed by atoms with van der Waals surface area (Å²) in [6, 6.07) is 6.95. The number of halogens is 1. The fourth-order valence-corrected chi connectivity index (χ4v) is 1.31. The molecule has 2 nitrogen and oxygen atoms in total. The minimum atomic E-state index is -0.308. The van der Waals surface area contributed by atoms with E-state index in [-0.39, 0.29) is 11.9 Å². The molecule has 3 heteroatoms. The molecule has 1 rings (SSSR count). The lowest BCUT2D eigenvalue weighted by molar-refractivity contribution is 0.203. The van der Waals surface area contributed by atoms with Crippen molar-refractivity contribution in [3.63, 3.8) is 0 Å². The first-order chi connectivity index (χ1) is 7.63. The summed E-state index contributed by atoms with van der Waals surface area (Å²) < 4.78 is 18.8. The number of hydrogen-bond donors (Lipinski definition) is 1. The molecule has 1 aromatic carbocycles. The molecule has 0 aliphatic rings. The molecule has 0 spiro atoms. The molecule has 90 valence electrons. The third kappa shape index (κ3) is 4.19. The van der Waals surface area contributed by atoms with Crippen molar-refractivity contribution in [1.82, 2.24) is 5.32 Å². The van der Waals surface area contributed by atoms with E-state index in [0.29, 0.717) is 11.8 Å². The zero-order valence-electron chi connectivity index (χ0n) is 10.2. The Balaban J connectivity index is 2.40. The van der Waals surface area contributed by atoms with E-state index in [2.05, 4.69) is 19.2 Å². The number of rotatable bonds is 6. The van der Waals surface area contributed by atoms with Gasteiger partial charge in [0, 0.05) is 12.6 Å². The van der Waals surface area contributed by atoms with Crippen LogP contribution in [0.4, 0.5) is 4.39 Å². The molecular formula is C13H20FNO. The molecule has 0 radical (unpaired) electrons. The van der Waals surface area contributed by atoms with Crippen molar-refractivity contribution in [3.8, 4) is 5.75 Å². The lowest BCUT2D eigenvalue weighted by atomic mass is 10.2. The molecule has 1 aromatic rings. The zero-order valence-corrected chi connectivity index (χ0v) is 10.2. The van der Waals surface area contributed by atoms with Crippen molar-refractivity contribution >= 4 is 0 Å². The van der Waals surface area contributed by atoms with Gasteiger partial charge in [-0.3, -0.25) is 0 Å². The molecule has 16 heavy (non-hydrogen) atoms. The maximum Gasteiger partial charge on any atom is 0.165 e. The fourth-order valence-electron chi connectivity index (χ4n) is 1.31. The van der Waals surface area contributed by atoms with Crippen molar-refractivity contribution in [2.75, 3.05) is 6.54 Å². The van der Waals surface area contributed by atoms with Crippen LogP contribution < -0.4 is 10.1 Å². The fraction of sp³-hybridized carbons (Fsp3) is 0.538. The molecular weight excluding hydrogens is 205 g/mol. The van der Waals surface area contributed by atoms with Crippen LogP contribution >= 0.6 is 0 Å². The van der Waals surface area contributed by atoms with Gasteiger partial charge in [-0.15, -0.1) is 0 Å². The van der Waals surface area contributed by atoms with Gasteiger partial charge in [-0.25, -0.2) is 4.39 Å². The smallest absolute Gasteiger partial charge is 0.165 e. The first kappa shape index (κ1) is 13.0. The Bertz CT molecular complexity index is 317. The maximum absolute atomic E-state index is 13.3. The predicted molar refractivity (Wildman–Crippen MR) is 64.2 cm³/mol. The molecule has 2 unspecified atom stereocenters. The molecule has 0 bridgehead atoms. The summed E-state index contributed by atoms with van der Waals surface area (Å²) in [5, 5.41) is 3.32. The summed E-state index contributed by atoms with van der Waals surface area (Å²) in [5.74, 6) is 0.0128. The quantitative estimate of drug-likeness (QED) is 0.803. The Morgan fingerprint density at radius 1 is 1.31 bits per heavy atom. The normalized spacial score (nSPS) is 14.5. The van der Waals surface area contributed by atoms with Crippen LogP contribution in [0.25, 0.3) is 0 Å². The molecule has 1 N–H and O–H groups in total. The van der Waals surface area contributed by atoms with Gasteiger partial charge in [0.25, 0.3) is 0 Å². The van der Waals surface area contributed by atoms with Gasteiger partial charge < -0.3 is 10.1 Å². The zero-order chi connectivity index (χ0) is 12.0. The van der Waals surface area contributed by atoms with Gasteiger partial charge in [0.1, 0.15) is 6.10 Å². The van der Waals surface area contributed by atoms with E-state index in [4.69, 9.17) is 4.74 Å². The first-order valence-electron chi connectivity index (χ1n) is 5.78. The van der Waals surface area contributed by atoms with Crippen LogP contribution in [0.3, 0.4) is 0 Å². The Labute approximate surface area is 96.8 Å². The summed E-state index contributed by atoms with van der Waals surface area (Å²) in [6.07, 6.45) is 1.04. The average Bonchev–Trinajstić information content (AvgIpc) is 2.29. The molecule has 0 saturated heterocycles. The van der Waals surface area contributed by atoms with Gasteiger partial charge >= 0.3 is 0 Å². The van der Waals surface area contributed by atoms with E-state index in [0.717, 1.165) is 13.0 Å². The van der Waals surface area contributed by atoms with Gasteiger partial charge in [-0.05, 0) is 32.4 Å². The summed E-state index contributed by atoms with van der Waals surface area (Å²) >= 11 is 0. The van der Waals surface area contributed by atoms with E-state index in [9.17, 15) is 4.39 Å². The first-order valence-corrected chi connectivity index (χ1v) is 5.78. The SMILES string of the molecule is CCC(C)NCC(C)Oc1ccccc1F. The molecule has 0 fully saturated rings. The Morgan fingerprint density at radius 2 is 2.00 bits per heavy atom. The summed E-state index contributed by atoms with van der Waals surface area (Å²) in [5.41, 5.74) is 0. The molecule has 0 aliphatic heterocycles. The van der Waals surface area contributed by atoms with Gasteiger partial charge in [-0.1, -0.05) is 19.1 Å². The highest BCUT2D eigenvalue weighted by Crippen LogP contribution is 2.16. The monoisotopic (exact) mass is 225 g/mol. The number of ether oxygens (including phenoxy) is 1. The standard InChI is InChI=1S/C13H20FNO/c1-4-10(2)15-9-11(3)16-13-8-6-5-7-12(13)14/h5-8,10-11,15H,4,9H2,1-3H3. The van der Waals surface area contributed by atoms with Crippen molar-refractivity contribution < 1.29 is 9.13 Å².